The highest BCUT2D eigenvalue weighted by molar-refractivity contribution is 5.95. The smallest absolute Gasteiger partial charge is 0.271 e. The quantitative estimate of drug-likeness (QED) is 0.0988. The molecule has 0 saturated heterocycles. The van der Waals surface area contributed by atoms with Crippen molar-refractivity contribution in [1.82, 2.24) is 9.99 Å². The molecule has 0 bridgehead atoms. The molecule has 0 aliphatic carbocycles. The molecule has 0 aliphatic heterocycles. The van der Waals surface area contributed by atoms with Crippen LogP contribution >= 0.6 is 0 Å². The fourth-order valence-electron chi connectivity index (χ4n) is 4.91. The molecule has 45 heavy (non-hydrogen) atoms. The largest absolute Gasteiger partial charge is 0.489 e. The third-order valence-corrected chi connectivity index (χ3v) is 7.22. The van der Waals surface area contributed by atoms with Crippen LogP contribution in [0.1, 0.15) is 21.5 Å². The van der Waals surface area contributed by atoms with E-state index in [-0.39, 0.29) is 18.2 Å². The van der Waals surface area contributed by atoms with Gasteiger partial charge in [-0.1, -0.05) is 60.7 Å². The molecule has 0 fully saturated rings. The number of ether oxygens (including phenoxy) is 1. The summed E-state index contributed by atoms with van der Waals surface area (Å²) in [5.74, 6) is 0.322. The van der Waals surface area contributed by atoms with Crippen molar-refractivity contribution in [2.24, 2.45) is 5.10 Å². The van der Waals surface area contributed by atoms with Gasteiger partial charge in [0.05, 0.1) is 22.5 Å². The van der Waals surface area contributed by atoms with Crippen molar-refractivity contribution < 1.29 is 14.5 Å². The maximum atomic E-state index is 12.9. The van der Waals surface area contributed by atoms with E-state index in [1.807, 2.05) is 60.7 Å². The lowest BCUT2D eigenvalue weighted by atomic mass is 10.1. The van der Waals surface area contributed by atoms with Crippen LogP contribution in [0.25, 0.3) is 28.2 Å². The van der Waals surface area contributed by atoms with Gasteiger partial charge in [0.1, 0.15) is 12.4 Å². The van der Waals surface area contributed by atoms with E-state index in [1.165, 1.54) is 12.1 Å². The van der Waals surface area contributed by atoms with E-state index in [0.717, 1.165) is 39.3 Å². The lowest BCUT2D eigenvalue weighted by molar-refractivity contribution is -0.384. The highest BCUT2D eigenvalue weighted by Crippen LogP contribution is 2.32. The number of rotatable bonds is 10. The van der Waals surface area contributed by atoms with Crippen LogP contribution in [-0.4, -0.2) is 21.6 Å². The number of aromatic nitrogens is 1. The molecule has 0 aliphatic rings. The van der Waals surface area contributed by atoms with E-state index < -0.39 is 4.92 Å². The zero-order valence-electron chi connectivity index (χ0n) is 24.1. The van der Waals surface area contributed by atoms with Crippen molar-refractivity contribution in [2.45, 2.75) is 6.61 Å². The van der Waals surface area contributed by atoms with Crippen LogP contribution in [0.5, 0.6) is 5.75 Å². The Morgan fingerprint density at radius 3 is 1.87 bits per heavy atom. The fourth-order valence-corrected chi connectivity index (χ4v) is 4.91. The Labute approximate surface area is 260 Å². The first-order chi connectivity index (χ1) is 22.0. The summed E-state index contributed by atoms with van der Waals surface area (Å²) in [7, 11) is 0. The van der Waals surface area contributed by atoms with Crippen molar-refractivity contribution in [1.29, 1.82) is 0 Å². The third kappa shape index (κ3) is 6.87. The Morgan fingerprint density at radius 1 is 0.733 bits per heavy atom. The summed E-state index contributed by atoms with van der Waals surface area (Å²) in [5.41, 5.74) is 9.97. The molecule has 0 saturated carbocycles. The molecule has 220 valence electrons. The van der Waals surface area contributed by atoms with Crippen molar-refractivity contribution in [3.8, 4) is 34.0 Å². The fraction of sp³-hybridized carbons (Fsp3) is 0.0270. The molecular weight excluding hydrogens is 564 g/mol. The van der Waals surface area contributed by atoms with Crippen LogP contribution in [0.2, 0.25) is 0 Å². The normalized spacial score (nSPS) is 10.9. The first-order valence-corrected chi connectivity index (χ1v) is 14.3. The van der Waals surface area contributed by atoms with Gasteiger partial charge < -0.3 is 9.30 Å². The van der Waals surface area contributed by atoms with E-state index in [1.54, 1.807) is 42.6 Å². The number of carbonyl (C=O) groups is 1. The molecule has 1 amide bonds. The Hall–Kier alpha value is -6.28. The molecule has 8 heteroatoms. The molecule has 8 nitrogen and oxygen atoms in total. The maximum absolute atomic E-state index is 12.9. The number of nitro benzene ring substituents is 1. The SMILES string of the molecule is O=C(N/N=C\c1ccc(OCc2ccc([N+](=O)[O-])cc2)cc1)c1ccc(-n2c(-c3ccccc3)ccc2-c2ccccc2)cc1. The molecule has 6 aromatic rings. The average Bonchev–Trinajstić information content (AvgIpc) is 3.54. The van der Waals surface area contributed by atoms with Crippen LogP contribution in [0.3, 0.4) is 0 Å². The molecule has 1 N–H and O–H groups in total. The third-order valence-electron chi connectivity index (χ3n) is 7.22. The summed E-state index contributed by atoms with van der Waals surface area (Å²) >= 11 is 0. The topological polar surface area (TPSA) is 98.8 Å². The summed E-state index contributed by atoms with van der Waals surface area (Å²) in [4.78, 5) is 23.2. The van der Waals surface area contributed by atoms with Crippen molar-refractivity contribution in [2.75, 3.05) is 0 Å². The second-order valence-electron chi connectivity index (χ2n) is 10.2. The predicted molar refractivity (Wildman–Crippen MR) is 176 cm³/mol. The Kier molecular flexibility index (Phi) is 8.55. The van der Waals surface area contributed by atoms with Gasteiger partial charge in [-0.05, 0) is 95.1 Å². The summed E-state index contributed by atoms with van der Waals surface area (Å²) < 4.78 is 7.96. The number of carbonyl (C=O) groups excluding carboxylic acids is 1. The highest BCUT2D eigenvalue weighted by atomic mass is 16.6. The van der Waals surface area contributed by atoms with Crippen LogP contribution in [0.15, 0.2) is 151 Å². The molecule has 5 aromatic carbocycles. The molecular formula is C37H28N4O4. The Bertz CT molecular complexity index is 1880. The van der Waals surface area contributed by atoms with Gasteiger partial charge in [-0.3, -0.25) is 14.9 Å². The lowest BCUT2D eigenvalue weighted by Crippen LogP contribution is -2.17. The summed E-state index contributed by atoms with van der Waals surface area (Å²) in [6.45, 7) is 0.283. The minimum atomic E-state index is -0.433. The molecule has 1 aromatic heterocycles. The monoisotopic (exact) mass is 592 g/mol. The number of hydrogen-bond acceptors (Lipinski definition) is 5. The van der Waals surface area contributed by atoms with Crippen LogP contribution in [0, 0.1) is 10.1 Å². The van der Waals surface area contributed by atoms with Crippen molar-refractivity contribution in [3.63, 3.8) is 0 Å². The molecule has 0 radical (unpaired) electrons. The molecule has 0 atom stereocenters. The van der Waals surface area contributed by atoms with E-state index >= 15 is 0 Å². The van der Waals surface area contributed by atoms with E-state index in [9.17, 15) is 14.9 Å². The Morgan fingerprint density at radius 2 is 1.31 bits per heavy atom. The number of nitrogens with one attached hydrogen (secondary N) is 1. The summed E-state index contributed by atoms with van der Waals surface area (Å²) in [6.07, 6.45) is 1.56. The maximum Gasteiger partial charge on any atom is 0.271 e. The van der Waals surface area contributed by atoms with Gasteiger partial charge in [-0.15, -0.1) is 0 Å². The number of nitrogens with zero attached hydrogens (tertiary/aromatic N) is 3. The highest BCUT2D eigenvalue weighted by Gasteiger charge is 2.14. The number of hydrazone groups is 1. The summed E-state index contributed by atoms with van der Waals surface area (Å²) in [6, 6.07) is 45.6. The Balaban J connectivity index is 1.10. The van der Waals surface area contributed by atoms with Crippen LogP contribution in [-0.2, 0) is 6.61 Å². The summed E-state index contributed by atoms with van der Waals surface area (Å²) in [5, 5.41) is 14.9. The van der Waals surface area contributed by atoms with Gasteiger partial charge in [-0.25, -0.2) is 5.43 Å². The van der Waals surface area contributed by atoms with Gasteiger partial charge in [0.2, 0.25) is 0 Å². The number of benzene rings is 5. The number of nitro groups is 1. The predicted octanol–water partition coefficient (Wildman–Crippen LogP) is 8.06. The molecule has 6 rings (SSSR count). The lowest BCUT2D eigenvalue weighted by Gasteiger charge is -2.15. The zero-order valence-corrected chi connectivity index (χ0v) is 24.1. The number of amides is 1. The van der Waals surface area contributed by atoms with Crippen LogP contribution < -0.4 is 10.2 Å². The molecule has 0 spiro atoms. The minimum Gasteiger partial charge on any atom is -0.489 e. The van der Waals surface area contributed by atoms with E-state index in [4.69, 9.17) is 4.74 Å². The minimum absolute atomic E-state index is 0.0401. The van der Waals surface area contributed by atoms with Gasteiger partial charge >= 0.3 is 0 Å². The van der Waals surface area contributed by atoms with Gasteiger partial charge in [-0.2, -0.15) is 5.10 Å². The second kappa shape index (κ2) is 13.4. The average molecular weight is 593 g/mol. The number of non-ortho nitro benzene ring substituents is 1. The molecule has 0 unspecified atom stereocenters. The second-order valence-corrected chi connectivity index (χ2v) is 10.2. The van der Waals surface area contributed by atoms with Gasteiger partial charge in [0.15, 0.2) is 0 Å². The van der Waals surface area contributed by atoms with E-state index in [0.29, 0.717) is 11.3 Å². The standard InChI is InChI=1S/C37H28N4O4/c42-37(39-38-25-27-13-21-34(22-14-27)45-26-28-11-17-33(18-12-28)41(43)44)31-15-19-32(20-16-31)40-35(29-7-3-1-4-8-29)23-24-36(40)30-9-5-2-6-10-30/h1-25H,26H2,(H,39,42)/b38-25-. The molecule has 1 heterocycles. The van der Waals surface area contributed by atoms with Crippen molar-refractivity contribution >= 4 is 17.8 Å². The van der Waals surface area contributed by atoms with E-state index in [2.05, 4.69) is 51.5 Å². The van der Waals surface area contributed by atoms with Crippen LogP contribution in [0.4, 0.5) is 5.69 Å². The van der Waals surface area contributed by atoms with Gasteiger partial charge in [0.25, 0.3) is 11.6 Å². The first kappa shape index (κ1) is 28.8. The number of hydrogen-bond donors (Lipinski definition) is 1. The zero-order chi connectivity index (χ0) is 31.0. The first-order valence-electron chi connectivity index (χ1n) is 14.3. The van der Waals surface area contributed by atoms with Crippen molar-refractivity contribution in [3.05, 3.63) is 172 Å². The van der Waals surface area contributed by atoms with Gasteiger partial charge in [0, 0.05) is 23.4 Å².